The standard InChI is InChI=1S/C15H13N3O2/c1-18(12-3-2-6-17-9-12)15(19)14-8-10-7-11(16)4-5-13(10)20-14/h2-9H,16H2,1H3. The Morgan fingerprint density at radius 3 is 2.90 bits per heavy atom. The number of hydrogen-bond donors (Lipinski definition) is 1. The highest BCUT2D eigenvalue weighted by Crippen LogP contribution is 2.23. The van der Waals surface area contributed by atoms with Crippen LogP contribution in [0.15, 0.2) is 53.2 Å². The molecule has 0 saturated heterocycles. The van der Waals surface area contributed by atoms with Gasteiger partial charge in [0, 0.05) is 24.3 Å². The molecule has 5 nitrogen and oxygen atoms in total. The molecule has 0 saturated carbocycles. The van der Waals surface area contributed by atoms with Crippen molar-refractivity contribution >= 4 is 28.3 Å². The van der Waals surface area contributed by atoms with E-state index in [1.54, 1.807) is 49.8 Å². The van der Waals surface area contributed by atoms with Crippen LogP contribution in [0.2, 0.25) is 0 Å². The normalized spacial score (nSPS) is 10.7. The largest absolute Gasteiger partial charge is 0.451 e. The van der Waals surface area contributed by atoms with Crippen molar-refractivity contribution in [2.75, 3.05) is 17.7 Å². The molecule has 1 amide bonds. The molecule has 0 bridgehead atoms. The van der Waals surface area contributed by atoms with Crippen LogP contribution in [0.3, 0.4) is 0 Å². The van der Waals surface area contributed by atoms with Gasteiger partial charge in [-0.05, 0) is 36.4 Å². The predicted octanol–water partition coefficient (Wildman–Crippen LogP) is 2.69. The van der Waals surface area contributed by atoms with Gasteiger partial charge in [0.25, 0.3) is 5.91 Å². The average molecular weight is 267 g/mol. The SMILES string of the molecule is CN(C(=O)c1cc2cc(N)ccc2o1)c1cccnc1. The third kappa shape index (κ3) is 2.09. The lowest BCUT2D eigenvalue weighted by molar-refractivity contribution is 0.0968. The molecule has 0 unspecified atom stereocenters. The Labute approximate surface area is 115 Å². The minimum atomic E-state index is -0.229. The Bertz CT molecular complexity index is 765. The number of carbonyl (C=O) groups excluding carboxylic acids is 1. The molecule has 0 aliphatic heterocycles. The van der Waals surface area contributed by atoms with Gasteiger partial charge in [-0.1, -0.05) is 0 Å². The molecule has 20 heavy (non-hydrogen) atoms. The highest BCUT2D eigenvalue weighted by molar-refractivity contribution is 6.06. The number of nitrogen functional groups attached to an aromatic ring is 1. The highest BCUT2D eigenvalue weighted by atomic mass is 16.3. The molecule has 3 aromatic rings. The number of nitrogens with zero attached hydrogens (tertiary/aromatic N) is 2. The van der Waals surface area contributed by atoms with Gasteiger partial charge in [0.15, 0.2) is 5.76 Å². The van der Waals surface area contributed by atoms with Crippen LogP contribution in [0.25, 0.3) is 11.0 Å². The first-order valence-electron chi connectivity index (χ1n) is 6.12. The molecular weight excluding hydrogens is 254 g/mol. The summed E-state index contributed by atoms with van der Waals surface area (Å²) in [6.07, 6.45) is 3.28. The molecular formula is C15H13N3O2. The topological polar surface area (TPSA) is 72.4 Å². The quantitative estimate of drug-likeness (QED) is 0.724. The zero-order valence-electron chi connectivity index (χ0n) is 10.9. The van der Waals surface area contributed by atoms with Crippen molar-refractivity contribution in [3.05, 3.63) is 54.6 Å². The van der Waals surface area contributed by atoms with E-state index in [0.29, 0.717) is 17.0 Å². The Morgan fingerprint density at radius 1 is 1.30 bits per heavy atom. The lowest BCUT2D eigenvalue weighted by Gasteiger charge is -2.14. The average Bonchev–Trinajstić information content (AvgIpc) is 2.89. The zero-order chi connectivity index (χ0) is 14.1. The maximum atomic E-state index is 12.4. The number of hydrogen-bond acceptors (Lipinski definition) is 4. The third-order valence-corrected chi connectivity index (χ3v) is 3.09. The van der Waals surface area contributed by atoms with E-state index in [1.807, 2.05) is 6.07 Å². The molecule has 0 radical (unpaired) electrons. The van der Waals surface area contributed by atoms with Gasteiger partial charge < -0.3 is 15.1 Å². The van der Waals surface area contributed by atoms with Crippen LogP contribution >= 0.6 is 0 Å². The van der Waals surface area contributed by atoms with Gasteiger partial charge >= 0.3 is 0 Å². The highest BCUT2D eigenvalue weighted by Gasteiger charge is 2.18. The second-order valence-corrected chi connectivity index (χ2v) is 4.48. The Balaban J connectivity index is 1.96. The number of aromatic nitrogens is 1. The van der Waals surface area contributed by atoms with Crippen molar-refractivity contribution in [2.45, 2.75) is 0 Å². The smallest absolute Gasteiger partial charge is 0.293 e. The number of anilines is 2. The van der Waals surface area contributed by atoms with Crippen molar-refractivity contribution in [1.29, 1.82) is 0 Å². The van der Waals surface area contributed by atoms with Crippen LogP contribution in [-0.2, 0) is 0 Å². The minimum absolute atomic E-state index is 0.229. The summed E-state index contributed by atoms with van der Waals surface area (Å²) in [7, 11) is 1.68. The monoisotopic (exact) mass is 267 g/mol. The van der Waals surface area contributed by atoms with Gasteiger partial charge in [-0.25, -0.2) is 0 Å². The molecule has 0 atom stereocenters. The molecule has 0 aliphatic rings. The number of rotatable bonds is 2. The molecule has 2 aromatic heterocycles. The van der Waals surface area contributed by atoms with Gasteiger partial charge in [0.2, 0.25) is 0 Å². The maximum absolute atomic E-state index is 12.4. The summed E-state index contributed by atoms with van der Waals surface area (Å²) in [6, 6.07) is 10.6. The first-order valence-corrected chi connectivity index (χ1v) is 6.12. The molecule has 5 heteroatoms. The molecule has 3 rings (SSSR count). The van der Waals surface area contributed by atoms with Crippen molar-refractivity contribution in [1.82, 2.24) is 4.98 Å². The maximum Gasteiger partial charge on any atom is 0.293 e. The van der Waals surface area contributed by atoms with Crippen molar-refractivity contribution in [3.63, 3.8) is 0 Å². The van der Waals surface area contributed by atoms with Crippen LogP contribution in [0, 0.1) is 0 Å². The fourth-order valence-corrected chi connectivity index (χ4v) is 2.00. The number of furan rings is 1. The Kier molecular flexibility index (Phi) is 2.87. The summed E-state index contributed by atoms with van der Waals surface area (Å²) in [5.41, 5.74) is 7.70. The summed E-state index contributed by atoms with van der Waals surface area (Å²) in [5.74, 6) is 0.0460. The lowest BCUT2D eigenvalue weighted by atomic mass is 10.2. The van der Waals surface area contributed by atoms with E-state index < -0.39 is 0 Å². The molecule has 0 fully saturated rings. The van der Waals surface area contributed by atoms with Gasteiger partial charge in [-0.3, -0.25) is 9.78 Å². The van der Waals surface area contributed by atoms with E-state index in [9.17, 15) is 4.79 Å². The zero-order valence-corrected chi connectivity index (χ0v) is 10.9. The minimum Gasteiger partial charge on any atom is -0.451 e. The molecule has 0 spiro atoms. The van der Waals surface area contributed by atoms with Gasteiger partial charge in [0.1, 0.15) is 5.58 Å². The number of amides is 1. The molecule has 0 aliphatic carbocycles. The second kappa shape index (κ2) is 4.70. The van der Waals surface area contributed by atoms with E-state index in [0.717, 1.165) is 5.39 Å². The van der Waals surface area contributed by atoms with Crippen LogP contribution < -0.4 is 10.6 Å². The van der Waals surface area contributed by atoms with Crippen LogP contribution in [0.1, 0.15) is 10.6 Å². The van der Waals surface area contributed by atoms with Gasteiger partial charge in [-0.15, -0.1) is 0 Å². The first kappa shape index (κ1) is 12.2. The van der Waals surface area contributed by atoms with E-state index >= 15 is 0 Å². The molecule has 2 N–H and O–H groups in total. The van der Waals surface area contributed by atoms with E-state index in [-0.39, 0.29) is 11.7 Å². The third-order valence-electron chi connectivity index (χ3n) is 3.09. The van der Waals surface area contributed by atoms with Crippen molar-refractivity contribution in [3.8, 4) is 0 Å². The summed E-state index contributed by atoms with van der Waals surface area (Å²) in [4.78, 5) is 17.9. The van der Waals surface area contributed by atoms with Gasteiger partial charge in [0.05, 0.1) is 11.9 Å². The fourth-order valence-electron chi connectivity index (χ4n) is 2.00. The van der Waals surface area contributed by atoms with Crippen LogP contribution in [0.5, 0.6) is 0 Å². The number of nitrogens with two attached hydrogens (primary N) is 1. The number of fused-ring (bicyclic) bond motifs is 1. The number of carbonyl (C=O) groups is 1. The summed E-state index contributed by atoms with van der Waals surface area (Å²) in [6.45, 7) is 0. The lowest BCUT2D eigenvalue weighted by Crippen LogP contribution is -2.25. The number of benzene rings is 1. The second-order valence-electron chi connectivity index (χ2n) is 4.48. The molecule has 100 valence electrons. The van der Waals surface area contributed by atoms with Gasteiger partial charge in [-0.2, -0.15) is 0 Å². The summed E-state index contributed by atoms with van der Waals surface area (Å²) >= 11 is 0. The van der Waals surface area contributed by atoms with Crippen LogP contribution in [0.4, 0.5) is 11.4 Å². The van der Waals surface area contributed by atoms with Crippen LogP contribution in [-0.4, -0.2) is 17.9 Å². The first-order chi connectivity index (χ1) is 9.65. The molecule has 1 aromatic carbocycles. The Morgan fingerprint density at radius 2 is 2.15 bits per heavy atom. The summed E-state index contributed by atoms with van der Waals surface area (Å²) < 4.78 is 5.56. The fraction of sp³-hybridized carbons (Fsp3) is 0.0667. The van der Waals surface area contributed by atoms with Crippen molar-refractivity contribution in [2.24, 2.45) is 0 Å². The van der Waals surface area contributed by atoms with E-state index in [1.165, 1.54) is 4.90 Å². The number of pyridine rings is 1. The van der Waals surface area contributed by atoms with E-state index in [4.69, 9.17) is 10.2 Å². The Hall–Kier alpha value is -2.82. The molecule has 2 heterocycles. The summed E-state index contributed by atoms with van der Waals surface area (Å²) in [5, 5.41) is 0.813. The van der Waals surface area contributed by atoms with E-state index in [2.05, 4.69) is 4.98 Å². The predicted molar refractivity (Wildman–Crippen MR) is 77.6 cm³/mol. The van der Waals surface area contributed by atoms with Crippen molar-refractivity contribution < 1.29 is 9.21 Å².